The molecular formula is C9H20N2O3. The van der Waals surface area contributed by atoms with Crippen LogP contribution in [-0.4, -0.2) is 58.8 Å². The highest BCUT2D eigenvalue weighted by Crippen LogP contribution is 2.13. The lowest BCUT2D eigenvalue weighted by Gasteiger charge is -2.18. The number of aliphatic hydroxyl groups is 3. The molecule has 14 heavy (non-hydrogen) atoms. The van der Waals surface area contributed by atoms with E-state index < -0.39 is 18.2 Å². The smallest absolute Gasteiger partial charge is 0.0989 e. The lowest BCUT2D eigenvalue weighted by Crippen LogP contribution is -2.44. The first-order chi connectivity index (χ1) is 6.56. The van der Waals surface area contributed by atoms with Crippen LogP contribution < -0.4 is 10.6 Å². The average Bonchev–Trinajstić information content (AvgIpc) is 2.41. The molecule has 0 aromatic heterocycles. The van der Waals surface area contributed by atoms with Crippen molar-refractivity contribution in [2.45, 2.75) is 44.2 Å². The summed E-state index contributed by atoms with van der Waals surface area (Å²) in [7, 11) is 0. The van der Waals surface area contributed by atoms with E-state index in [1.165, 1.54) is 0 Å². The van der Waals surface area contributed by atoms with Gasteiger partial charge in [-0.05, 0) is 0 Å². The monoisotopic (exact) mass is 204 g/mol. The molecule has 4 atom stereocenters. The van der Waals surface area contributed by atoms with Crippen LogP contribution in [-0.2, 0) is 0 Å². The summed E-state index contributed by atoms with van der Waals surface area (Å²) in [5, 5.41) is 34.1. The van der Waals surface area contributed by atoms with Gasteiger partial charge in [-0.15, -0.1) is 0 Å². The molecule has 1 fully saturated rings. The predicted molar refractivity (Wildman–Crippen MR) is 52.9 cm³/mol. The lowest BCUT2D eigenvalue weighted by atomic mass is 10.1. The number of rotatable bonds is 4. The van der Waals surface area contributed by atoms with Crippen LogP contribution in [0.5, 0.6) is 0 Å². The van der Waals surface area contributed by atoms with E-state index in [0.29, 0.717) is 12.6 Å². The van der Waals surface area contributed by atoms with Gasteiger partial charge in [-0.25, -0.2) is 0 Å². The minimum atomic E-state index is -0.876. The van der Waals surface area contributed by atoms with Gasteiger partial charge in [0.2, 0.25) is 0 Å². The molecule has 5 N–H and O–H groups in total. The maximum atomic E-state index is 9.61. The molecule has 1 aliphatic rings. The van der Waals surface area contributed by atoms with Crippen LogP contribution in [0.15, 0.2) is 0 Å². The Balaban J connectivity index is 2.40. The maximum Gasteiger partial charge on any atom is 0.0989 e. The largest absolute Gasteiger partial charge is 0.395 e. The van der Waals surface area contributed by atoms with Crippen LogP contribution in [0.4, 0.5) is 0 Å². The van der Waals surface area contributed by atoms with Gasteiger partial charge in [-0.3, -0.25) is 0 Å². The molecule has 5 heteroatoms. The molecule has 0 aromatic rings. The molecule has 0 unspecified atom stereocenters. The molecule has 1 saturated heterocycles. The van der Waals surface area contributed by atoms with Crippen LogP contribution in [0, 0.1) is 0 Å². The minimum absolute atomic E-state index is 0.156. The highest BCUT2D eigenvalue weighted by Gasteiger charge is 2.40. The van der Waals surface area contributed by atoms with Crippen molar-refractivity contribution < 1.29 is 15.3 Å². The van der Waals surface area contributed by atoms with Gasteiger partial charge in [-0.2, -0.15) is 0 Å². The summed E-state index contributed by atoms with van der Waals surface area (Å²) in [5.74, 6) is 0. The van der Waals surface area contributed by atoms with E-state index in [4.69, 9.17) is 5.11 Å². The zero-order valence-corrected chi connectivity index (χ0v) is 8.64. The van der Waals surface area contributed by atoms with E-state index in [1.807, 2.05) is 13.8 Å². The third kappa shape index (κ3) is 2.65. The van der Waals surface area contributed by atoms with E-state index in [9.17, 15) is 10.2 Å². The molecule has 1 rings (SSSR count). The topological polar surface area (TPSA) is 84.8 Å². The summed E-state index contributed by atoms with van der Waals surface area (Å²) in [6.07, 6.45) is -1.68. The molecule has 0 saturated carbocycles. The summed E-state index contributed by atoms with van der Waals surface area (Å²) < 4.78 is 0. The fourth-order valence-corrected chi connectivity index (χ4v) is 1.65. The zero-order chi connectivity index (χ0) is 10.7. The zero-order valence-electron chi connectivity index (χ0n) is 8.64. The molecule has 0 aromatic carbocycles. The van der Waals surface area contributed by atoms with Gasteiger partial charge >= 0.3 is 0 Å². The first kappa shape index (κ1) is 11.9. The predicted octanol–water partition coefficient (Wildman–Crippen LogP) is -1.96. The summed E-state index contributed by atoms with van der Waals surface area (Å²) >= 11 is 0. The van der Waals surface area contributed by atoms with E-state index in [1.54, 1.807) is 0 Å². The first-order valence-electron chi connectivity index (χ1n) is 5.02. The molecule has 0 radical (unpaired) electrons. The van der Waals surface area contributed by atoms with Gasteiger partial charge in [0.15, 0.2) is 0 Å². The fraction of sp³-hybridized carbons (Fsp3) is 1.00. The van der Waals surface area contributed by atoms with E-state index in [2.05, 4.69) is 10.6 Å². The summed E-state index contributed by atoms with van der Waals surface area (Å²) in [4.78, 5) is 0. The fourth-order valence-electron chi connectivity index (χ4n) is 1.65. The van der Waals surface area contributed by atoms with Crippen LogP contribution in [0.1, 0.15) is 13.8 Å². The Hall–Kier alpha value is -0.200. The van der Waals surface area contributed by atoms with Crippen LogP contribution in [0.25, 0.3) is 0 Å². The number of hydrogen-bond donors (Lipinski definition) is 5. The van der Waals surface area contributed by atoms with Crippen molar-refractivity contribution in [2.75, 3.05) is 13.2 Å². The van der Waals surface area contributed by atoms with Gasteiger partial charge in [0.05, 0.1) is 24.9 Å². The molecule has 0 bridgehead atoms. The van der Waals surface area contributed by atoms with Crippen molar-refractivity contribution in [3.05, 3.63) is 0 Å². The SMILES string of the molecule is CC(C)NC[C@@H]1N[C@@H](CO)[C@@H](O)[C@@H]1O. The Morgan fingerprint density at radius 1 is 1.21 bits per heavy atom. The summed E-state index contributed by atoms with van der Waals surface area (Å²) in [6, 6.07) is -0.261. The number of aliphatic hydroxyl groups excluding tert-OH is 3. The van der Waals surface area contributed by atoms with Gasteiger partial charge < -0.3 is 26.0 Å². The molecule has 1 aliphatic heterocycles. The quantitative estimate of drug-likeness (QED) is 0.367. The van der Waals surface area contributed by atoms with Crippen LogP contribution >= 0.6 is 0 Å². The van der Waals surface area contributed by atoms with E-state index in [-0.39, 0.29) is 12.6 Å². The van der Waals surface area contributed by atoms with Crippen LogP contribution in [0.2, 0.25) is 0 Å². The highest BCUT2D eigenvalue weighted by molar-refractivity contribution is 4.98. The number of hydrogen-bond acceptors (Lipinski definition) is 5. The van der Waals surface area contributed by atoms with Crippen molar-refractivity contribution in [3.8, 4) is 0 Å². The third-order valence-electron chi connectivity index (χ3n) is 2.55. The van der Waals surface area contributed by atoms with Gasteiger partial charge in [0.1, 0.15) is 0 Å². The van der Waals surface area contributed by atoms with Crippen molar-refractivity contribution in [3.63, 3.8) is 0 Å². The Kier molecular flexibility index (Phi) is 4.28. The van der Waals surface area contributed by atoms with E-state index >= 15 is 0 Å². The molecular weight excluding hydrogens is 184 g/mol. The Bertz CT molecular complexity index is 177. The highest BCUT2D eigenvalue weighted by atomic mass is 16.3. The second-order valence-electron chi connectivity index (χ2n) is 4.11. The lowest BCUT2D eigenvalue weighted by molar-refractivity contribution is 0.0196. The average molecular weight is 204 g/mol. The Morgan fingerprint density at radius 2 is 1.79 bits per heavy atom. The van der Waals surface area contributed by atoms with Gasteiger partial charge in [0.25, 0.3) is 0 Å². The standard InChI is InChI=1S/C9H20N2O3/c1-5(2)10-3-6-8(13)9(14)7(4-12)11-6/h5-14H,3-4H2,1-2H3/t6-,7-,8+,9+/m0/s1. The van der Waals surface area contributed by atoms with Gasteiger partial charge in [-0.1, -0.05) is 13.8 Å². The van der Waals surface area contributed by atoms with Crippen LogP contribution in [0.3, 0.4) is 0 Å². The second-order valence-corrected chi connectivity index (χ2v) is 4.11. The number of nitrogens with one attached hydrogen (secondary N) is 2. The van der Waals surface area contributed by atoms with Gasteiger partial charge in [0, 0.05) is 18.6 Å². The van der Waals surface area contributed by atoms with Crippen molar-refractivity contribution >= 4 is 0 Å². The molecule has 84 valence electrons. The maximum absolute atomic E-state index is 9.61. The molecule has 0 aliphatic carbocycles. The van der Waals surface area contributed by atoms with Crippen molar-refractivity contribution in [1.82, 2.24) is 10.6 Å². The van der Waals surface area contributed by atoms with Crippen molar-refractivity contribution in [2.24, 2.45) is 0 Å². The summed E-state index contributed by atoms with van der Waals surface area (Å²) in [5.41, 5.74) is 0. The van der Waals surface area contributed by atoms with E-state index in [0.717, 1.165) is 0 Å². The molecule has 1 heterocycles. The second kappa shape index (κ2) is 5.04. The Morgan fingerprint density at radius 3 is 2.21 bits per heavy atom. The third-order valence-corrected chi connectivity index (χ3v) is 2.55. The minimum Gasteiger partial charge on any atom is -0.395 e. The summed E-state index contributed by atoms with van der Waals surface area (Å²) in [6.45, 7) is 4.46. The molecule has 0 spiro atoms. The first-order valence-corrected chi connectivity index (χ1v) is 5.02. The molecule has 5 nitrogen and oxygen atoms in total. The molecule has 0 amide bonds. The van der Waals surface area contributed by atoms with Crippen molar-refractivity contribution in [1.29, 1.82) is 0 Å². The normalized spacial score (nSPS) is 38.1. The Labute approximate surface area is 84.1 Å².